The van der Waals surface area contributed by atoms with Crippen molar-refractivity contribution in [3.8, 4) is 5.75 Å². The summed E-state index contributed by atoms with van der Waals surface area (Å²) in [6.45, 7) is 18.2. The normalized spacial score (nSPS) is 21.5. The Morgan fingerprint density at radius 1 is 0.909 bits per heavy atom. The van der Waals surface area contributed by atoms with Crippen LogP contribution in [0.25, 0.3) is 0 Å². The van der Waals surface area contributed by atoms with E-state index in [1.807, 2.05) is 35.4 Å². The Balaban J connectivity index is 1.73. The molecule has 2 aromatic carbocycles. The van der Waals surface area contributed by atoms with Gasteiger partial charge in [-0.3, -0.25) is 9.69 Å². The number of hydrogen-bond donors (Lipinski definition) is 0. The summed E-state index contributed by atoms with van der Waals surface area (Å²) in [4.78, 5) is 30.3. The van der Waals surface area contributed by atoms with E-state index in [1.165, 1.54) is 5.56 Å². The molecule has 0 spiro atoms. The van der Waals surface area contributed by atoms with Crippen molar-refractivity contribution < 1.29 is 19.1 Å². The van der Waals surface area contributed by atoms with E-state index in [0.29, 0.717) is 29.5 Å². The minimum absolute atomic E-state index is 0.136. The Bertz CT molecular complexity index is 1280. The van der Waals surface area contributed by atoms with Gasteiger partial charge in [-0.2, -0.15) is 0 Å². The summed E-state index contributed by atoms with van der Waals surface area (Å²) >= 11 is 0. The van der Waals surface area contributed by atoms with Crippen molar-refractivity contribution >= 4 is 20.0 Å². The molecule has 0 bridgehead atoms. The summed E-state index contributed by atoms with van der Waals surface area (Å²) in [7, 11) is -0.648. The highest BCUT2D eigenvalue weighted by Crippen LogP contribution is 2.49. The van der Waals surface area contributed by atoms with Crippen molar-refractivity contribution in [2.45, 2.75) is 128 Å². The number of nitrogens with zero attached hydrogens (tertiary/aromatic N) is 1. The van der Waals surface area contributed by atoms with E-state index >= 15 is 0 Å². The van der Waals surface area contributed by atoms with E-state index in [2.05, 4.69) is 85.7 Å². The number of carbonyl (C=O) groups is 2. The van der Waals surface area contributed by atoms with Gasteiger partial charge >= 0.3 is 6.09 Å². The third-order valence-electron chi connectivity index (χ3n) is 11.0. The molecule has 0 radical (unpaired) electrons. The summed E-state index contributed by atoms with van der Waals surface area (Å²) in [5.41, 5.74) is 3.30. The van der Waals surface area contributed by atoms with Crippen LogP contribution in [0.1, 0.15) is 98.6 Å². The van der Waals surface area contributed by atoms with Crippen LogP contribution >= 0.6 is 0 Å². The second-order valence-electron chi connectivity index (χ2n) is 14.6. The first-order chi connectivity index (χ1) is 20.8. The summed E-state index contributed by atoms with van der Waals surface area (Å²) in [6.07, 6.45) is 6.45. The van der Waals surface area contributed by atoms with E-state index in [1.54, 1.807) is 7.11 Å². The number of ketones is 1. The van der Waals surface area contributed by atoms with Crippen molar-refractivity contribution in [3.63, 3.8) is 0 Å². The van der Waals surface area contributed by atoms with E-state index < -0.39 is 8.07 Å². The lowest BCUT2D eigenvalue weighted by atomic mass is 9.66. The topological polar surface area (TPSA) is 55.8 Å². The van der Waals surface area contributed by atoms with Gasteiger partial charge in [0, 0.05) is 18.5 Å². The first kappa shape index (κ1) is 34.0. The zero-order valence-corrected chi connectivity index (χ0v) is 29.6. The smallest absolute Gasteiger partial charge is 0.414 e. The second kappa shape index (κ2) is 14.1. The van der Waals surface area contributed by atoms with Crippen LogP contribution in [0.2, 0.25) is 16.6 Å². The Morgan fingerprint density at radius 2 is 1.50 bits per heavy atom. The van der Waals surface area contributed by atoms with Crippen molar-refractivity contribution in [1.29, 1.82) is 0 Å². The van der Waals surface area contributed by atoms with Crippen LogP contribution in [0.5, 0.6) is 5.75 Å². The third-order valence-corrected chi connectivity index (χ3v) is 18.0. The summed E-state index contributed by atoms with van der Waals surface area (Å²) in [6, 6.07) is 18.3. The molecule has 0 unspecified atom stereocenters. The van der Waals surface area contributed by atoms with Crippen molar-refractivity contribution in [1.82, 2.24) is 4.90 Å². The molecule has 44 heavy (non-hydrogen) atoms. The number of Topliss-reactive ketones (excluding diaryl/α,β-unsaturated/α-hetero) is 1. The number of benzene rings is 2. The van der Waals surface area contributed by atoms with Gasteiger partial charge in [0.2, 0.25) is 0 Å². The van der Waals surface area contributed by atoms with Crippen molar-refractivity contribution in [2.24, 2.45) is 5.92 Å². The van der Waals surface area contributed by atoms with E-state index in [4.69, 9.17) is 9.47 Å². The molecule has 2 aliphatic rings. The maximum atomic E-state index is 14.4. The predicted molar refractivity (Wildman–Crippen MR) is 183 cm³/mol. The predicted octanol–water partition coefficient (Wildman–Crippen LogP) is 9.66. The summed E-state index contributed by atoms with van der Waals surface area (Å²) < 4.78 is 11.9. The zero-order valence-electron chi connectivity index (χ0n) is 28.6. The Morgan fingerprint density at radius 3 is 2.07 bits per heavy atom. The first-order valence-electron chi connectivity index (χ1n) is 16.8. The number of rotatable bonds is 10. The zero-order chi connectivity index (χ0) is 32.2. The average molecular weight is 618 g/mol. The molecule has 0 saturated heterocycles. The van der Waals surface area contributed by atoms with Crippen LogP contribution < -0.4 is 4.74 Å². The van der Waals surface area contributed by atoms with Crippen LogP contribution in [0.4, 0.5) is 4.79 Å². The number of amides is 1. The van der Waals surface area contributed by atoms with Gasteiger partial charge in [0.15, 0.2) is 5.78 Å². The van der Waals surface area contributed by atoms with Crippen LogP contribution in [0.3, 0.4) is 0 Å². The molecule has 1 aliphatic heterocycles. The molecule has 2 aromatic rings. The molecule has 0 N–H and O–H groups in total. The number of allylic oxidation sites excluding steroid dienone is 1. The molecule has 4 rings (SSSR count). The largest absolute Gasteiger partial charge is 0.497 e. The van der Waals surface area contributed by atoms with Gasteiger partial charge in [-0.05, 0) is 76.2 Å². The minimum atomic E-state index is -2.31. The monoisotopic (exact) mass is 617 g/mol. The molecule has 0 aromatic heterocycles. The number of methoxy groups -OCH3 is 1. The van der Waals surface area contributed by atoms with Crippen molar-refractivity contribution in [2.75, 3.05) is 7.11 Å². The highest BCUT2D eigenvalue weighted by molar-refractivity contribution is 6.93. The quantitative estimate of drug-likeness (QED) is 0.249. The molecule has 3 atom stereocenters. The Kier molecular flexibility index (Phi) is 10.9. The minimum Gasteiger partial charge on any atom is -0.497 e. The number of ether oxygens (including phenoxy) is 2. The van der Waals surface area contributed by atoms with E-state index in [0.717, 1.165) is 42.2 Å². The first-order valence-corrected chi connectivity index (χ1v) is 19.0. The average Bonchev–Trinajstić information content (AvgIpc) is 2.99. The van der Waals surface area contributed by atoms with E-state index in [9.17, 15) is 9.59 Å². The highest BCUT2D eigenvalue weighted by atomic mass is 28.3. The maximum absolute atomic E-state index is 14.4. The number of carbonyl (C=O) groups excluding carboxylic acids is 2. The Labute approximate surface area is 267 Å². The molecule has 1 heterocycles. The molecule has 1 aliphatic carbocycles. The lowest BCUT2D eigenvalue weighted by Crippen LogP contribution is -2.54. The van der Waals surface area contributed by atoms with Gasteiger partial charge in [-0.25, -0.2) is 4.79 Å². The molecule has 6 heteroatoms. The fourth-order valence-corrected chi connectivity index (χ4v) is 15.6. The summed E-state index contributed by atoms with van der Waals surface area (Å²) in [5.74, 6) is 1.21. The van der Waals surface area contributed by atoms with Crippen LogP contribution in [0.15, 0.2) is 66.0 Å². The van der Waals surface area contributed by atoms with Crippen LogP contribution in [-0.2, 0) is 21.4 Å². The molecule has 1 amide bonds. The fourth-order valence-electron chi connectivity index (χ4n) is 8.77. The standard InChI is InChI=1S/C38H55NO4Si/c1-26(2)44(27(3)4,28(5)6)36-25-39(31(24-34(36)40)23-29-19-21-32(42-9)22-20-29)37(41)43-35-18-14-13-17-33(35)38(7,8)30-15-11-10-12-16-30/h10-12,15-16,19-22,25-28,31,33,35H,13-14,17-18,23-24H2,1-9H3/t31-,33+,35+/m0/s1. The van der Waals surface area contributed by atoms with Crippen LogP contribution in [0, 0.1) is 5.92 Å². The van der Waals surface area contributed by atoms with Gasteiger partial charge in [-0.1, -0.05) is 104 Å². The van der Waals surface area contributed by atoms with Gasteiger partial charge in [0.1, 0.15) is 19.9 Å². The van der Waals surface area contributed by atoms with Gasteiger partial charge in [-0.15, -0.1) is 0 Å². The molecule has 1 fully saturated rings. The SMILES string of the molecule is COc1ccc(C[C@H]2CC(=O)C([Si](C(C)C)(C(C)C)C(C)C)=CN2C(=O)O[C@@H]2CCCC[C@H]2C(C)(C)c2ccccc2)cc1. The second-order valence-corrected chi connectivity index (χ2v) is 20.5. The molecule has 1 saturated carbocycles. The molecule has 5 nitrogen and oxygen atoms in total. The molecule has 240 valence electrons. The van der Waals surface area contributed by atoms with Gasteiger partial charge in [0.05, 0.1) is 13.2 Å². The Hall–Kier alpha value is -2.86. The van der Waals surface area contributed by atoms with Crippen molar-refractivity contribution in [3.05, 3.63) is 77.1 Å². The molecular formula is C38H55NO4Si. The fraction of sp³-hybridized carbons (Fsp3) is 0.579. The highest BCUT2D eigenvalue weighted by Gasteiger charge is 2.51. The lowest BCUT2D eigenvalue weighted by Gasteiger charge is -2.47. The molecular weight excluding hydrogens is 563 g/mol. The van der Waals surface area contributed by atoms with E-state index in [-0.39, 0.29) is 35.4 Å². The van der Waals surface area contributed by atoms with Gasteiger partial charge < -0.3 is 9.47 Å². The van der Waals surface area contributed by atoms with Gasteiger partial charge in [0.25, 0.3) is 0 Å². The van der Waals surface area contributed by atoms with Crippen LogP contribution in [-0.4, -0.2) is 44.1 Å². The summed E-state index contributed by atoms with van der Waals surface area (Å²) in [5, 5.41) is 0.908. The third kappa shape index (κ3) is 6.71. The maximum Gasteiger partial charge on any atom is 0.414 e. The number of hydrogen-bond acceptors (Lipinski definition) is 4. The lowest BCUT2D eigenvalue weighted by molar-refractivity contribution is -0.116.